The quantitative estimate of drug-likeness (QED) is 0.690. The van der Waals surface area contributed by atoms with Gasteiger partial charge in [-0.15, -0.1) is 0 Å². The van der Waals surface area contributed by atoms with Crippen molar-refractivity contribution in [3.63, 3.8) is 0 Å². The number of hydrogen-bond acceptors (Lipinski definition) is 5. The van der Waals surface area contributed by atoms with Crippen LogP contribution >= 0.6 is 0 Å². The van der Waals surface area contributed by atoms with Gasteiger partial charge < -0.3 is 15.0 Å². The van der Waals surface area contributed by atoms with E-state index in [1.807, 2.05) is 0 Å². The number of hydrogen-bond donors (Lipinski definition) is 1. The fourth-order valence-corrected chi connectivity index (χ4v) is 5.58. The molecule has 2 aromatic rings. The van der Waals surface area contributed by atoms with Crippen molar-refractivity contribution in [2.24, 2.45) is 5.41 Å². The second kappa shape index (κ2) is 8.78. The molecule has 1 aliphatic rings. The number of likely N-dealkylation sites (tertiary alicyclic amines) is 1. The summed E-state index contributed by atoms with van der Waals surface area (Å²) in [5.41, 5.74) is -0.260. The van der Waals surface area contributed by atoms with Crippen molar-refractivity contribution in [1.29, 1.82) is 0 Å². The zero-order valence-corrected chi connectivity index (χ0v) is 20.3. The molecule has 0 radical (unpaired) electrons. The van der Waals surface area contributed by atoms with E-state index in [0.29, 0.717) is 11.3 Å². The third-order valence-corrected chi connectivity index (χ3v) is 7.26. The van der Waals surface area contributed by atoms with Crippen molar-refractivity contribution in [3.05, 3.63) is 59.4 Å². The van der Waals surface area contributed by atoms with Crippen LogP contribution < -0.4 is 5.32 Å². The molecular weight excluding hydrogens is 447 g/mol. The summed E-state index contributed by atoms with van der Waals surface area (Å²) in [6.45, 7) is 9.25. The van der Waals surface area contributed by atoms with Gasteiger partial charge in [0.25, 0.3) is 5.91 Å². The maximum Gasteiger partial charge on any atom is 0.410 e. The molecule has 7 nitrogen and oxygen atoms in total. The fraction of sp³-hybridized carbons (Fsp3) is 0.417. The number of nitrogens with one attached hydrogen (secondary N) is 1. The number of sulfone groups is 1. The lowest BCUT2D eigenvalue weighted by atomic mass is 9.84. The van der Waals surface area contributed by atoms with Crippen LogP contribution in [0.3, 0.4) is 0 Å². The Morgan fingerprint density at radius 2 is 1.82 bits per heavy atom. The highest BCUT2D eigenvalue weighted by Crippen LogP contribution is 2.34. The van der Waals surface area contributed by atoms with Gasteiger partial charge in [0.1, 0.15) is 11.4 Å². The minimum atomic E-state index is -3.71. The molecule has 1 N–H and O–H groups in total. The van der Waals surface area contributed by atoms with E-state index < -0.39 is 32.9 Å². The third kappa shape index (κ3) is 6.10. The number of rotatable bonds is 5. The molecule has 0 aliphatic carbocycles. The lowest BCUT2D eigenvalue weighted by Gasteiger charge is -2.47. The van der Waals surface area contributed by atoms with Gasteiger partial charge in [0, 0.05) is 29.8 Å². The molecule has 1 heterocycles. The highest BCUT2D eigenvalue weighted by atomic mass is 32.2. The predicted molar refractivity (Wildman–Crippen MR) is 123 cm³/mol. The van der Waals surface area contributed by atoms with E-state index in [0.717, 1.165) is 0 Å². The zero-order chi connectivity index (χ0) is 24.6. The molecule has 3 rings (SSSR count). The summed E-state index contributed by atoms with van der Waals surface area (Å²) < 4.78 is 44.9. The Morgan fingerprint density at radius 1 is 1.15 bits per heavy atom. The molecule has 0 saturated carbocycles. The number of anilines is 1. The topological polar surface area (TPSA) is 92.8 Å². The van der Waals surface area contributed by atoms with Gasteiger partial charge in [-0.25, -0.2) is 17.6 Å². The fourth-order valence-electron chi connectivity index (χ4n) is 3.72. The Morgan fingerprint density at radius 3 is 2.42 bits per heavy atom. The summed E-state index contributed by atoms with van der Waals surface area (Å²) in [6, 6.07) is 9.99. The highest BCUT2D eigenvalue weighted by molar-refractivity contribution is 7.91. The van der Waals surface area contributed by atoms with Crippen LogP contribution in [0.1, 0.15) is 43.6 Å². The smallest absolute Gasteiger partial charge is 0.410 e. The molecule has 0 spiro atoms. The van der Waals surface area contributed by atoms with Crippen molar-refractivity contribution in [3.8, 4) is 0 Å². The van der Waals surface area contributed by atoms with Crippen LogP contribution in [0, 0.1) is 18.2 Å². The minimum Gasteiger partial charge on any atom is -0.444 e. The summed E-state index contributed by atoms with van der Waals surface area (Å²) in [5.74, 6) is -1.04. The predicted octanol–water partition coefficient (Wildman–Crippen LogP) is 4.42. The Hall–Kier alpha value is -2.94. The van der Waals surface area contributed by atoms with E-state index in [9.17, 15) is 22.4 Å². The van der Waals surface area contributed by atoms with Gasteiger partial charge in [0.05, 0.1) is 10.6 Å². The maximum atomic E-state index is 13.4. The highest BCUT2D eigenvalue weighted by Gasteiger charge is 2.46. The number of ether oxygens (including phenoxy) is 1. The van der Waals surface area contributed by atoms with Crippen LogP contribution in [0.25, 0.3) is 0 Å². The van der Waals surface area contributed by atoms with Crippen molar-refractivity contribution >= 4 is 27.5 Å². The van der Waals surface area contributed by atoms with Crippen LogP contribution in [0.4, 0.5) is 14.9 Å². The van der Waals surface area contributed by atoms with Crippen LogP contribution in [-0.4, -0.2) is 49.8 Å². The van der Waals surface area contributed by atoms with E-state index >= 15 is 0 Å². The van der Waals surface area contributed by atoms with Gasteiger partial charge in [0.15, 0.2) is 9.84 Å². The zero-order valence-electron chi connectivity index (χ0n) is 19.4. The molecule has 0 bridgehead atoms. The molecule has 178 valence electrons. The first-order chi connectivity index (χ1) is 15.2. The molecule has 9 heteroatoms. The largest absolute Gasteiger partial charge is 0.444 e. The second-order valence-electron chi connectivity index (χ2n) is 9.85. The third-order valence-electron chi connectivity index (χ3n) is 5.21. The molecule has 2 amide bonds. The summed E-state index contributed by atoms with van der Waals surface area (Å²) in [4.78, 5) is 26.3. The number of nitrogens with zero attached hydrogens (tertiary/aromatic N) is 1. The van der Waals surface area contributed by atoms with Gasteiger partial charge in [0.2, 0.25) is 0 Å². The molecular formula is C24H29FN2O5S. The maximum absolute atomic E-state index is 13.4. The monoisotopic (exact) mass is 476 g/mol. The normalized spacial score (nSPS) is 15.5. The molecule has 1 aliphatic heterocycles. The number of carbonyl (C=O) groups excluding carboxylic acids is 2. The average molecular weight is 477 g/mol. The number of halogens is 1. The summed E-state index contributed by atoms with van der Waals surface area (Å²) in [5, 5.41) is 2.65. The summed E-state index contributed by atoms with van der Waals surface area (Å²) in [7, 11) is -3.71. The molecule has 1 saturated heterocycles. The average Bonchev–Trinajstić information content (AvgIpc) is 2.67. The van der Waals surface area contributed by atoms with E-state index in [4.69, 9.17) is 4.74 Å². The summed E-state index contributed by atoms with van der Waals surface area (Å²) in [6.07, 6.45) is -0.466. The van der Waals surface area contributed by atoms with Crippen molar-refractivity contribution in [1.82, 2.24) is 4.90 Å². The number of carbonyl (C=O) groups is 2. The van der Waals surface area contributed by atoms with Crippen LogP contribution in [0.5, 0.6) is 0 Å². The van der Waals surface area contributed by atoms with Crippen molar-refractivity contribution in [2.75, 3.05) is 24.2 Å². The minimum absolute atomic E-state index is 0.0300. The van der Waals surface area contributed by atoms with Crippen LogP contribution in [0.15, 0.2) is 47.4 Å². The first-order valence-electron chi connectivity index (χ1n) is 10.6. The Labute approximate surface area is 193 Å². The van der Waals surface area contributed by atoms with Crippen molar-refractivity contribution < 1.29 is 27.1 Å². The molecule has 0 atom stereocenters. The van der Waals surface area contributed by atoms with Gasteiger partial charge >= 0.3 is 6.09 Å². The van der Waals surface area contributed by atoms with Gasteiger partial charge in [-0.05, 0) is 69.7 Å². The first kappa shape index (κ1) is 24.7. The van der Waals surface area contributed by atoms with E-state index in [2.05, 4.69) is 5.32 Å². The van der Waals surface area contributed by atoms with E-state index in [-0.39, 0.29) is 35.1 Å². The van der Waals surface area contributed by atoms with Crippen LogP contribution in [0.2, 0.25) is 0 Å². The van der Waals surface area contributed by atoms with Gasteiger partial charge in [-0.1, -0.05) is 13.0 Å². The summed E-state index contributed by atoms with van der Waals surface area (Å²) >= 11 is 0. The second-order valence-corrected chi connectivity index (χ2v) is 11.8. The molecule has 0 aromatic heterocycles. The molecule has 33 heavy (non-hydrogen) atoms. The van der Waals surface area contributed by atoms with Gasteiger partial charge in [-0.2, -0.15) is 0 Å². The first-order valence-corrected chi connectivity index (χ1v) is 12.2. The number of amides is 2. The van der Waals surface area contributed by atoms with Gasteiger partial charge in [-0.3, -0.25) is 4.79 Å². The molecule has 2 aromatic carbocycles. The molecule has 1 fully saturated rings. The lowest BCUT2D eigenvalue weighted by molar-refractivity contribution is -0.0208. The number of aryl methyl sites for hydroxylation is 1. The van der Waals surface area contributed by atoms with E-state index in [1.165, 1.54) is 47.4 Å². The van der Waals surface area contributed by atoms with Crippen molar-refractivity contribution in [2.45, 2.75) is 45.1 Å². The number of benzene rings is 2. The molecule has 0 unspecified atom stereocenters. The SMILES string of the molecule is Cc1cc(NC(=O)c2cccc(S(=O)(=O)CC3(C)CN(C(=O)OC(C)(C)C)C3)c2)ccc1F. The Balaban J connectivity index is 1.68. The Bertz CT molecular complexity index is 1180. The van der Waals surface area contributed by atoms with E-state index in [1.54, 1.807) is 34.6 Å². The Kier molecular flexibility index (Phi) is 6.57. The van der Waals surface area contributed by atoms with Crippen LogP contribution in [-0.2, 0) is 14.6 Å². The standard InChI is InChI=1S/C24H29FN2O5S/c1-16-11-18(9-10-20(16)25)26-21(28)17-7-6-8-19(12-17)33(30,31)15-24(5)13-27(14-24)22(29)32-23(2,3)4/h6-12H,13-15H2,1-5H3,(H,26,28). The lowest BCUT2D eigenvalue weighted by Crippen LogP contribution is -2.60.